The van der Waals surface area contributed by atoms with Crippen molar-refractivity contribution in [1.82, 2.24) is 24.6 Å². The van der Waals surface area contributed by atoms with Crippen LogP contribution in [0.1, 0.15) is 18.1 Å². The molecular formula is C18H21N5S. The summed E-state index contributed by atoms with van der Waals surface area (Å²) in [6, 6.07) is 10.4. The summed E-state index contributed by atoms with van der Waals surface area (Å²) in [7, 11) is 2.11. The minimum Gasteiger partial charge on any atom is -0.298 e. The third kappa shape index (κ3) is 4.43. The van der Waals surface area contributed by atoms with Crippen LogP contribution in [0, 0.1) is 0 Å². The first-order chi connectivity index (χ1) is 11.7. The minimum absolute atomic E-state index is 0.822. The van der Waals surface area contributed by atoms with E-state index in [4.69, 9.17) is 0 Å². The van der Waals surface area contributed by atoms with Crippen molar-refractivity contribution in [2.24, 2.45) is 0 Å². The first-order valence-electron chi connectivity index (χ1n) is 7.96. The molecule has 0 radical (unpaired) electrons. The Morgan fingerprint density at radius 1 is 1.08 bits per heavy atom. The third-order valence-electron chi connectivity index (χ3n) is 3.54. The zero-order valence-corrected chi connectivity index (χ0v) is 14.8. The SMILES string of the molecule is CCSc1ncc(CN(C)Cc2cccc(-n3cccn3)c2)cn1. The van der Waals surface area contributed by atoms with Crippen LogP contribution in [0.4, 0.5) is 0 Å². The molecule has 0 aliphatic heterocycles. The van der Waals surface area contributed by atoms with Crippen LogP contribution < -0.4 is 0 Å². The second-order valence-electron chi connectivity index (χ2n) is 5.60. The van der Waals surface area contributed by atoms with Gasteiger partial charge in [0.25, 0.3) is 0 Å². The monoisotopic (exact) mass is 339 g/mol. The zero-order chi connectivity index (χ0) is 16.8. The summed E-state index contributed by atoms with van der Waals surface area (Å²) in [6.45, 7) is 3.79. The van der Waals surface area contributed by atoms with Gasteiger partial charge in [0.15, 0.2) is 5.16 Å². The largest absolute Gasteiger partial charge is 0.298 e. The van der Waals surface area contributed by atoms with E-state index in [1.165, 1.54) is 5.56 Å². The van der Waals surface area contributed by atoms with E-state index in [2.05, 4.69) is 58.2 Å². The molecule has 0 N–H and O–H groups in total. The first kappa shape index (κ1) is 16.7. The van der Waals surface area contributed by atoms with Gasteiger partial charge < -0.3 is 0 Å². The van der Waals surface area contributed by atoms with Gasteiger partial charge in [-0.25, -0.2) is 14.6 Å². The van der Waals surface area contributed by atoms with E-state index >= 15 is 0 Å². The van der Waals surface area contributed by atoms with Gasteiger partial charge in [-0.2, -0.15) is 5.10 Å². The topological polar surface area (TPSA) is 46.8 Å². The van der Waals surface area contributed by atoms with Crippen LogP contribution >= 0.6 is 11.8 Å². The molecular weight excluding hydrogens is 318 g/mol. The van der Waals surface area contributed by atoms with Gasteiger partial charge in [-0.05, 0) is 36.6 Å². The van der Waals surface area contributed by atoms with E-state index in [-0.39, 0.29) is 0 Å². The second kappa shape index (κ2) is 8.08. The van der Waals surface area contributed by atoms with Crippen molar-refractivity contribution < 1.29 is 0 Å². The van der Waals surface area contributed by atoms with Crippen LogP contribution in [0.2, 0.25) is 0 Å². The molecule has 6 heteroatoms. The van der Waals surface area contributed by atoms with E-state index in [9.17, 15) is 0 Å². The molecule has 3 rings (SSSR count). The van der Waals surface area contributed by atoms with Crippen molar-refractivity contribution in [2.75, 3.05) is 12.8 Å². The van der Waals surface area contributed by atoms with Crippen LogP contribution in [-0.2, 0) is 13.1 Å². The maximum absolute atomic E-state index is 4.39. The Bertz CT molecular complexity index is 755. The number of benzene rings is 1. The van der Waals surface area contributed by atoms with Crippen LogP contribution in [0.3, 0.4) is 0 Å². The lowest BCUT2D eigenvalue weighted by molar-refractivity contribution is 0.318. The highest BCUT2D eigenvalue weighted by molar-refractivity contribution is 7.99. The lowest BCUT2D eigenvalue weighted by Gasteiger charge is -2.17. The van der Waals surface area contributed by atoms with Gasteiger partial charge >= 0.3 is 0 Å². The van der Waals surface area contributed by atoms with Crippen LogP contribution in [0.25, 0.3) is 5.69 Å². The van der Waals surface area contributed by atoms with Gasteiger partial charge in [0.05, 0.1) is 5.69 Å². The number of hydrogen-bond donors (Lipinski definition) is 0. The molecule has 0 fully saturated rings. The Morgan fingerprint density at radius 2 is 1.88 bits per heavy atom. The lowest BCUT2D eigenvalue weighted by atomic mass is 10.2. The summed E-state index contributed by atoms with van der Waals surface area (Å²) in [6.07, 6.45) is 7.58. The highest BCUT2D eigenvalue weighted by Gasteiger charge is 2.05. The fraction of sp³-hybridized carbons (Fsp3) is 0.278. The fourth-order valence-corrected chi connectivity index (χ4v) is 3.04. The quantitative estimate of drug-likeness (QED) is 0.488. The molecule has 2 heterocycles. The molecule has 124 valence electrons. The van der Waals surface area contributed by atoms with E-state index in [0.29, 0.717) is 0 Å². The lowest BCUT2D eigenvalue weighted by Crippen LogP contribution is -2.17. The Labute approximate surface area is 146 Å². The zero-order valence-electron chi connectivity index (χ0n) is 14.0. The molecule has 0 saturated heterocycles. The second-order valence-corrected chi connectivity index (χ2v) is 6.83. The van der Waals surface area contributed by atoms with Crippen molar-refractivity contribution in [2.45, 2.75) is 25.2 Å². The molecule has 3 aromatic rings. The molecule has 0 atom stereocenters. The molecule has 24 heavy (non-hydrogen) atoms. The molecule has 0 saturated carbocycles. The van der Waals surface area contributed by atoms with Gasteiger partial charge in [0.1, 0.15) is 0 Å². The van der Waals surface area contributed by atoms with Crippen molar-refractivity contribution in [3.63, 3.8) is 0 Å². The summed E-state index contributed by atoms with van der Waals surface area (Å²) < 4.78 is 1.88. The smallest absolute Gasteiger partial charge is 0.187 e. The summed E-state index contributed by atoms with van der Waals surface area (Å²) in [5, 5.41) is 5.13. The molecule has 0 spiro atoms. The summed E-state index contributed by atoms with van der Waals surface area (Å²) in [5.41, 5.74) is 3.46. The number of thioether (sulfide) groups is 1. The van der Waals surface area contributed by atoms with Gasteiger partial charge in [0.2, 0.25) is 0 Å². The van der Waals surface area contributed by atoms with Crippen molar-refractivity contribution in [1.29, 1.82) is 0 Å². The fourth-order valence-electron chi connectivity index (χ4n) is 2.53. The molecule has 0 amide bonds. The predicted octanol–water partition coefficient (Wildman–Crippen LogP) is 3.41. The average molecular weight is 339 g/mol. The van der Waals surface area contributed by atoms with Crippen LogP contribution in [0.5, 0.6) is 0 Å². The number of rotatable bonds is 7. The van der Waals surface area contributed by atoms with Gasteiger partial charge in [-0.3, -0.25) is 4.90 Å². The minimum atomic E-state index is 0.822. The molecule has 1 aromatic carbocycles. The normalized spacial score (nSPS) is 11.1. The highest BCUT2D eigenvalue weighted by Crippen LogP contribution is 2.14. The van der Waals surface area contributed by atoms with Crippen LogP contribution in [-0.4, -0.2) is 37.4 Å². The number of aromatic nitrogens is 4. The van der Waals surface area contributed by atoms with Crippen molar-refractivity contribution >= 4 is 11.8 Å². The number of hydrogen-bond acceptors (Lipinski definition) is 5. The summed E-state index contributed by atoms with van der Waals surface area (Å²) in [5.74, 6) is 0.992. The molecule has 2 aromatic heterocycles. The Kier molecular flexibility index (Phi) is 5.61. The predicted molar refractivity (Wildman–Crippen MR) is 97.2 cm³/mol. The summed E-state index contributed by atoms with van der Waals surface area (Å²) >= 11 is 1.66. The molecule has 0 bridgehead atoms. The van der Waals surface area contributed by atoms with E-state index in [0.717, 1.165) is 35.2 Å². The van der Waals surface area contributed by atoms with Crippen molar-refractivity contribution in [3.05, 3.63) is 66.2 Å². The standard InChI is InChI=1S/C18H21N5S/c1-3-24-18-19-11-16(12-20-18)14-22(2)13-15-6-4-7-17(10-15)23-9-5-8-21-23/h4-12H,3,13-14H2,1-2H3. The van der Waals surface area contributed by atoms with E-state index in [1.807, 2.05) is 29.3 Å². The molecule has 0 aliphatic carbocycles. The molecule has 0 unspecified atom stereocenters. The Morgan fingerprint density at radius 3 is 2.58 bits per heavy atom. The van der Waals surface area contributed by atoms with Crippen molar-refractivity contribution in [3.8, 4) is 5.69 Å². The highest BCUT2D eigenvalue weighted by atomic mass is 32.2. The molecule has 0 aliphatic rings. The Balaban J connectivity index is 1.62. The van der Waals surface area contributed by atoms with Gasteiger partial charge in [-0.1, -0.05) is 30.8 Å². The molecule has 5 nitrogen and oxygen atoms in total. The third-order valence-corrected chi connectivity index (χ3v) is 4.30. The first-order valence-corrected chi connectivity index (χ1v) is 8.94. The average Bonchev–Trinajstić information content (AvgIpc) is 3.12. The maximum atomic E-state index is 4.39. The van der Waals surface area contributed by atoms with Gasteiger partial charge in [-0.15, -0.1) is 0 Å². The van der Waals surface area contributed by atoms with Crippen LogP contribution in [0.15, 0.2) is 60.3 Å². The maximum Gasteiger partial charge on any atom is 0.187 e. The van der Waals surface area contributed by atoms with E-state index in [1.54, 1.807) is 18.0 Å². The van der Waals surface area contributed by atoms with Gasteiger partial charge in [0, 0.05) is 43.4 Å². The van der Waals surface area contributed by atoms with E-state index < -0.39 is 0 Å². The summed E-state index contributed by atoms with van der Waals surface area (Å²) in [4.78, 5) is 11.0. The number of nitrogens with zero attached hydrogens (tertiary/aromatic N) is 5. The Hall–Kier alpha value is -2.18.